The van der Waals surface area contributed by atoms with Gasteiger partial charge in [-0.3, -0.25) is 0 Å². The number of nitrogens with two attached hydrogens (primary N) is 1. The Labute approximate surface area is 102 Å². The lowest BCUT2D eigenvalue weighted by atomic mass is 10.2. The highest BCUT2D eigenvalue weighted by molar-refractivity contribution is 6.32. The summed E-state index contributed by atoms with van der Waals surface area (Å²) in [6.45, 7) is -1.08. The third-order valence-electron chi connectivity index (χ3n) is 1.62. The molecular weight excluding hydrogens is 266 g/mol. The summed E-state index contributed by atoms with van der Waals surface area (Å²) >= 11 is 5.69. The second-order valence-electron chi connectivity index (χ2n) is 2.87. The molecule has 0 aliphatic carbocycles. The van der Waals surface area contributed by atoms with Crippen molar-refractivity contribution in [2.75, 3.05) is 6.61 Å². The highest BCUT2D eigenvalue weighted by Crippen LogP contribution is 2.27. The molecule has 92 valence electrons. The highest BCUT2D eigenvalue weighted by Gasteiger charge is 2.28. The normalized spacial score (nSPS) is 10.8. The zero-order valence-corrected chi connectivity index (χ0v) is 9.62. The van der Waals surface area contributed by atoms with Crippen LogP contribution < -0.4 is 10.5 Å². The third kappa shape index (κ3) is 4.92. The summed E-state index contributed by atoms with van der Waals surface area (Å²) in [5, 5.41) is 0.127. The van der Waals surface area contributed by atoms with Crippen LogP contribution in [0.4, 0.5) is 13.2 Å². The molecule has 2 nitrogen and oxygen atoms in total. The molecule has 0 atom stereocenters. The summed E-state index contributed by atoms with van der Waals surface area (Å²) in [6, 6.07) is 4.42. The Morgan fingerprint density at radius 1 is 1.31 bits per heavy atom. The molecule has 1 aromatic carbocycles. The lowest BCUT2D eigenvalue weighted by Crippen LogP contribution is -2.19. The largest absolute Gasteiger partial charge is 0.483 e. The summed E-state index contributed by atoms with van der Waals surface area (Å²) < 4.78 is 40.0. The molecule has 0 aliphatic rings. The zero-order valence-electron chi connectivity index (χ0n) is 8.05. The van der Waals surface area contributed by atoms with Crippen LogP contribution in [0.2, 0.25) is 5.02 Å². The molecule has 0 unspecified atom stereocenters. The van der Waals surface area contributed by atoms with Crippen LogP contribution in [-0.2, 0) is 6.54 Å². The van der Waals surface area contributed by atoms with Crippen molar-refractivity contribution in [1.29, 1.82) is 0 Å². The number of benzene rings is 1. The van der Waals surface area contributed by atoms with Gasteiger partial charge in [0.2, 0.25) is 0 Å². The van der Waals surface area contributed by atoms with E-state index in [2.05, 4.69) is 4.74 Å². The molecule has 0 bridgehead atoms. The van der Waals surface area contributed by atoms with Crippen molar-refractivity contribution in [2.24, 2.45) is 5.73 Å². The summed E-state index contributed by atoms with van der Waals surface area (Å²) in [5.74, 6) is 0.00573. The molecule has 0 aromatic heterocycles. The van der Waals surface area contributed by atoms with E-state index in [0.717, 1.165) is 5.56 Å². The van der Waals surface area contributed by atoms with Gasteiger partial charge in [-0.05, 0) is 17.7 Å². The standard InChI is InChI=1S/C9H9ClF3NO.ClH/c10-7-3-6(4-14)1-2-8(7)15-5-9(11,12)13;/h1-3H,4-5,14H2;1H. The third-order valence-corrected chi connectivity index (χ3v) is 1.92. The second kappa shape index (κ2) is 6.18. The van der Waals surface area contributed by atoms with Gasteiger partial charge in [0.1, 0.15) is 5.75 Å². The van der Waals surface area contributed by atoms with Crippen molar-refractivity contribution in [1.82, 2.24) is 0 Å². The molecule has 1 aromatic rings. The fraction of sp³-hybridized carbons (Fsp3) is 0.333. The molecule has 7 heteroatoms. The lowest BCUT2D eigenvalue weighted by Gasteiger charge is -2.10. The summed E-state index contributed by atoms with van der Waals surface area (Å²) in [6.07, 6.45) is -4.37. The minimum atomic E-state index is -4.37. The summed E-state index contributed by atoms with van der Waals surface area (Å²) in [5.41, 5.74) is 6.07. The molecule has 0 amide bonds. The van der Waals surface area contributed by atoms with E-state index in [-0.39, 0.29) is 29.7 Å². The maximum Gasteiger partial charge on any atom is 0.422 e. The van der Waals surface area contributed by atoms with Crippen LogP contribution in [0.1, 0.15) is 5.56 Å². The highest BCUT2D eigenvalue weighted by atomic mass is 35.5. The summed E-state index contributed by atoms with van der Waals surface area (Å²) in [7, 11) is 0. The first-order chi connectivity index (χ1) is 6.92. The predicted octanol–water partition coefficient (Wildman–Crippen LogP) is 3.16. The van der Waals surface area contributed by atoms with E-state index in [1.165, 1.54) is 12.1 Å². The Morgan fingerprint density at radius 2 is 1.94 bits per heavy atom. The molecule has 16 heavy (non-hydrogen) atoms. The number of hydrogen-bond donors (Lipinski definition) is 1. The average Bonchev–Trinajstić information content (AvgIpc) is 2.14. The van der Waals surface area contributed by atoms with E-state index in [1.807, 2.05) is 0 Å². The van der Waals surface area contributed by atoms with Gasteiger partial charge in [0.05, 0.1) is 5.02 Å². The maximum atomic E-state index is 11.8. The average molecular weight is 276 g/mol. The Bertz CT molecular complexity index is 344. The monoisotopic (exact) mass is 275 g/mol. The van der Waals surface area contributed by atoms with Gasteiger partial charge in [-0.1, -0.05) is 17.7 Å². The number of hydrogen-bond acceptors (Lipinski definition) is 2. The fourth-order valence-corrected chi connectivity index (χ4v) is 1.21. The molecule has 1 rings (SSSR count). The van der Waals surface area contributed by atoms with E-state index < -0.39 is 12.8 Å². The molecule has 0 spiro atoms. The van der Waals surface area contributed by atoms with Crippen LogP contribution in [-0.4, -0.2) is 12.8 Å². The first-order valence-electron chi connectivity index (χ1n) is 4.10. The van der Waals surface area contributed by atoms with Crippen molar-refractivity contribution in [2.45, 2.75) is 12.7 Å². The SMILES string of the molecule is Cl.NCc1ccc(OCC(F)(F)F)c(Cl)c1. The van der Waals surface area contributed by atoms with E-state index in [1.54, 1.807) is 6.07 Å². The van der Waals surface area contributed by atoms with Crippen molar-refractivity contribution in [3.05, 3.63) is 28.8 Å². The molecule has 0 heterocycles. The minimum Gasteiger partial charge on any atom is -0.483 e. The van der Waals surface area contributed by atoms with Crippen molar-refractivity contribution in [3.8, 4) is 5.75 Å². The fourth-order valence-electron chi connectivity index (χ4n) is 0.948. The smallest absolute Gasteiger partial charge is 0.422 e. The van der Waals surface area contributed by atoms with Crippen LogP contribution in [0.15, 0.2) is 18.2 Å². The van der Waals surface area contributed by atoms with E-state index >= 15 is 0 Å². The molecule has 0 fully saturated rings. The van der Waals surface area contributed by atoms with Crippen LogP contribution in [0, 0.1) is 0 Å². The lowest BCUT2D eigenvalue weighted by molar-refractivity contribution is -0.153. The Hall–Kier alpha value is -0.650. The molecular formula is C9H10Cl2F3NO. The molecule has 0 radical (unpaired) electrons. The van der Waals surface area contributed by atoms with Gasteiger partial charge in [0, 0.05) is 6.54 Å². The quantitative estimate of drug-likeness (QED) is 0.920. The minimum absolute atomic E-state index is 0. The molecule has 0 aliphatic heterocycles. The van der Waals surface area contributed by atoms with Gasteiger partial charge in [0.15, 0.2) is 6.61 Å². The number of halogens is 5. The molecule has 2 N–H and O–H groups in total. The molecule has 0 saturated heterocycles. The summed E-state index contributed by atoms with van der Waals surface area (Å²) in [4.78, 5) is 0. The second-order valence-corrected chi connectivity index (χ2v) is 3.28. The van der Waals surface area contributed by atoms with Gasteiger partial charge in [-0.15, -0.1) is 12.4 Å². The predicted molar refractivity (Wildman–Crippen MR) is 58.1 cm³/mol. The molecule has 0 saturated carbocycles. The van der Waals surface area contributed by atoms with E-state index in [4.69, 9.17) is 17.3 Å². The number of rotatable bonds is 3. The Kier molecular flexibility index (Phi) is 5.92. The van der Waals surface area contributed by atoms with Crippen LogP contribution in [0.25, 0.3) is 0 Å². The van der Waals surface area contributed by atoms with Gasteiger partial charge in [-0.2, -0.15) is 13.2 Å². The zero-order chi connectivity index (χ0) is 11.5. The van der Waals surface area contributed by atoms with Crippen LogP contribution in [0.3, 0.4) is 0 Å². The first kappa shape index (κ1) is 15.3. The van der Waals surface area contributed by atoms with Crippen molar-refractivity contribution < 1.29 is 17.9 Å². The van der Waals surface area contributed by atoms with Crippen LogP contribution >= 0.6 is 24.0 Å². The first-order valence-corrected chi connectivity index (χ1v) is 4.48. The van der Waals surface area contributed by atoms with Gasteiger partial charge in [-0.25, -0.2) is 0 Å². The van der Waals surface area contributed by atoms with Crippen molar-refractivity contribution >= 4 is 24.0 Å². The topological polar surface area (TPSA) is 35.2 Å². The van der Waals surface area contributed by atoms with Gasteiger partial charge in [0.25, 0.3) is 0 Å². The number of ether oxygens (including phenoxy) is 1. The van der Waals surface area contributed by atoms with Crippen LogP contribution in [0.5, 0.6) is 5.75 Å². The van der Waals surface area contributed by atoms with Gasteiger partial charge >= 0.3 is 6.18 Å². The van der Waals surface area contributed by atoms with Gasteiger partial charge < -0.3 is 10.5 Å². The van der Waals surface area contributed by atoms with E-state index in [0.29, 0.717) is 0 Å². The van der Waals surface area contributed by atoms with Crippen molar-refractivity contribution in [3.63, 3.8) is 0 Å². The Balaban J connectivity index is 0.00000225. The number of alkyl halides is 3. The maximum absolute atomic E-state index is 11.8. The van der Waals surface area contributed by atoms with E-state index in [9.17, 15) is 13.2 Å². The Morgan fingerprint density at radius 3 is 2.38 bits per heavy atom.